The van der Waals surface area contributed by atoms with Gasteiger partial charge in [-0.05, 0) is 19.8 Å². The number of hydrogen-bond acceptors (Lipinski definition) is 4. The largest absolute Gasteiger partial charge is 0.481 e. The third-order valence-electron chi connectivity index (χ3n) is 4.13. The van der Waals surface area contributed by atoms with Gasteiger partial charge in [0.1, 0.15) is 0 Å². The number of carbonyl (C=O) groups is 2. The zero-order valence-corrected chi connectivity index (χ0v) is 13.3. The quantitative estimate of drug-likeness (QED) is 0.736. The number of amides is 2. The summed E-state index contributed by atoms with van der Waals surface area (Å²) in [5.74, 6) is 2.57. The number of rotatable bonds is 4. The zero-order valence-electron chi connectivity index (χ0n) is 11.7. The maximum atomic E-state index is 11.9. The third kappa shape index (κ3) is 3.75. The highest BCUT2D eigenvalue weighted by Crippen LogP contribution is 2.38. The molecule has 0 spiro atoms. The first-order chi connectivity index (χ1) is 9.52. The van der Waals surface area contributed by atoms with Crippen molar-refractivity contribution in [3.8, 4) is 0 Å². The molecular weight excluding hydrogens is 296 g/mol. The molecule has 7 heteroatoms. The summed E-state index contributed by atoms with van der Waals surface area (Å²) in [5.41, 5.74) is -0.827. The van der Waals surface area contributed by atoms with Crippen molar-refractivity contribution in [1.29, 1.82) is 0 Å². The van der Waals surface area contributed by atoms with Crippen LogP contribution in [0, 0.1) is 5.41 Å². The molecule has 0 aromatic rings. The highest BCUT2D eigenvalue weighted by atomic mass is 32.2. The summed E-state index contributed by atoms with van der Waals surface area (Å²) in [6, 6.07) is -0.506. The lowest BCUT2D eigenvalue weighted by atomic mass is 9.85. The van der Waals surface area contributed by atoms with E-state index in [2.05, 4.69) is 10.6 Å². The second-order valence-corrected chi connectivity index (χ2v) is 8.15. The van der Waals surface area contributed by atoms with E-state index in [1.165, 1.54) is 5.75 Å². The molecule has 2 aliphatic rings. The van der Waals surface area contributed by atoms with Crippen molar-refractivity contribution in [2.45, 2.75) is 37.5 Å². The molecule has 0 radical (unpaired) electrons. The van der Waals surface area contributed by atoms with E-state index in [-0.39, 0.29) is 12.1 Å². The smallest absolute Gasteiger partial charge is 0.315 e. The Morgan fingerprint density at radius 2 is 2.20 bits per heavy atom. The summed E-state index contributed by atoms with van der Waals surface area (Å²) in [6.45, 7) is 2.38. The molecule has 3 unspecified atom stereocenters. The molecule has 0 aromatic carbocycles. The van der Waals surface area contributed by atoms with E-state index in [9.17, 15) is 14.7 Å². The first-order valence-electron chi connectivity index (χ1n) is 6.99. The first kappa shape index (κ1) is 15.8. The van der Waals surface area contributed by atoms with Crippen LogP contribution in [0.15, 0.2) is 0 Å². The number of hydrogen-bond donors (Lipinski definition) is 3. The number of carbonyl (C=O) groups excluding carboxylic acids is 1. The monoisotopic (exact) mass is 318 g/mol. The van der Waals surface area contributed by atoms with Crippen LogP contribution in [0.1, 0.15) is 26.2 Å². The fraction of sp³-hybridized carbons (Fsp3) is 0.846. The standard InChI is InChI=1S/C13H22N2O3S2/c1-13(11(16)17)4-2-3-10(13)15-12(18)14-7-9-8-19-5-6-20-9/h9-10H,2-8H2,1H3,(H,16,17)(H2,14,15,18). The molecule has 1 aliphatic carbocycles. The molecule has 1 heterocycles. The van der Waals surface area contributed by atoms with E-state index in [1.54, 1.807) is 6.92 Å². The summed E-state index contributed by atoms with van der Waals surface area (Å²) in [4.78, 5) is 23.3. The molecular formula is C13H22N2O3S2. The topological polar surface area (TPSA) is 78.4 Å². The average Bonchev–Trinajstić information content (AvgIpc) is 2.80. The fourth-order valence-electron chi connectivity index (χ4n) is 2.72. The second kappa shape index (κ2) is 6.93. The SMILES string of the molecule is CC1(C(=O)O)CCCC1NC(=O)NCC1CSCCS1. The number of carboxylic acids is 1. The van der Waals surface area contributed by atoms with Crippen LogP contribution >= 0.6 is 23.5 Å². The Kier molecular flexibility index (Phi) is 5.49. The average molecular weight is 318 g/mol. The predicted octanol–water partition coefficient (Wildman–Crippen LogP) is 1.78. The van der Waals surface area contributed by atoms with Crippen molar-refractivity contribution >= 4 is 35.5 Å². The minimum Gasteiger partial charge on any atom is -0.481 e. The number of thioether (sulfide) groups is 2. The van der Waals surface area contributed by atoms with Crippen LogP contribution in [0.5, 0.6) is 0 Å². The first-order valence-corrected chi connectivity index (χ1v) is 9.20. The van der Waals surface area contributed by atoms with Crippen LogP contribution < -0.4 is 10.6 Å². The molecule has 0 aromatic heterocycles. The zero-order chi connectivity index (χ0) is 14.6. The molecule has 1 saturated heterocycles. The van der Waals surface area contributed by atoms with E-state index in [4.69, 9.17) is 0 Å². The Bertz CT molecular complexity index is 375. The Labute approximate surface area is 128 Å². The summed E-state index contributed by atoms with van der Waals surface area (Å²) in [6.07, 6.45) is 2.22. The van der Waals surface area contributed by atoms with Crippen molar-refractivity contribution in [1.82, 2.24) is 10.6 Å². The van der Waals surface area contributed by atoms with Gasteiger partial charge in [0.2, 0.25) is 0 Å². The minimum absolute atomic E-state index is 0.236. The second-order valence-electron chi connectivity index (χ2n) is 5.59. The van der Waals surface area contributed by atoms with Gasteiger partial charge in [-0.15, -0.1) is 0 Å². The predicted molar refractivity (Wildman–Crippen MR) is 83.5 cm³/mol. The maximum absolute atomic E-state index is 11.9. The van der Waals surface area contributed by atoms with Crippen LogP contribution in [-0.4, -0.2) is 52.2 Å². The van der Waals surface area contributed by atoms with E-state index in [1.807, 2.05) is 23.5 Å². The molecule has 5 nitrogen and oxygen atoms in total. The molecule has 2 rings (SSSR count). The highest BCUT2D eigenvalue weighted by molar-refractivity contribution is 8.06. The van der Waals surface area contributed by atoms with Crippen LogP contribution in [0.25, 0.3) is 0 Å². The van der Waals surface area contributed by atoms with Crippen LogP contribution in [0.3, 0.4) is 0 Å². The Morgan fingerprint density at radius 3 is 2.85 bits per heavy atom. The van der Waals surface area contributed by atoms with Gasteiger partial charge in [-0.25, -0.2) is 4.79 Å². The molecule has 0 bridgehead atoms. The molecule has 20 heavy (non-hydrogen) atoms. The molecule has 2 amide bonds. The van der Waals surface area contributed by atoms with Gasteiger partial charge in [-0.1, -0.05) is 6.42 Å². The van der Waals surface area contributed by atoms with Gasteiger partial charge >= 0.3 is 12.0 Å². The number of urea groups is 1. The van der Waals surface area contributed by atoms with Crippen LogP contribution in [-0.2, 0) is 4.79 Å². The van der Waals surface area contributed by atoms with Crippen molar-refractivity contribution in [3.63, 3.8) is 0 Å². The lowest BCUT2D eigenvalue weighted by molar-refractivity contribution is -0.148. The normalized spacial score (nSPS) is 33.6. The van der Waals surface area contributed by atoms with Gasteiger partial charge in [0.05, 0.1) is 5.41 Å². The maximum Gasteiger partial charge on any atom is 0.315 e. The fourth-order valence-corrected chi connectivity index (χ4v) is 5.34. The van der Waals surface area contributed by atoms with Gasteiger partial charge in [-0.3, -0.25) is 4.79 Å². The van der Waals surface area contributed by atoms with Crippen LogP contribution in [0.2, 0.25) is 0 Å². The van der Waals surface area contributed by atoms with Crippen LogP contribution in [0.4, 0.5) is 4.79 Å². The van der Waals surface area contributed by atoms with E-state index >= 15 is 0 Å². The summed E-state index contributed by atoms with van der Waals surface area (Å²) in [7, 11) is 0. The minimum atomic E-state index is -0.827. The molecule has 1 aliphatic heterocycles. The summed E-state index contributed by atoms with van der Waals surface area (Å²) < 4.78 is 0. The van der Waals surface area contributed by atoms with Crippen molar-refractivity contribution < 1.29 is 14.7 Å². The van der Waals surface area contributed by atoms with E-state index in [0.29, 0.717) is 18.2 Å². The summed E-state index contributed by atoms with van der Waals surface area (Å²) in [5, 5.41) is 15.5. The van der Waals surface area contributed by atoms with Gasteiger partial charge < -0.3 is 15.7 Å². The number of carboxylic acid groups (broad SMARTS) is 1. The molecule has 2 fully saturated rings. The van der Waals surface area contributed by atoms with Gasteiger partial charge in [0.25, 0.3) is 0 Å². The number of aliphatic carboxylic acids is 1. The molecule has 3 atom stereocenters. The third-order valence-corrected chi connectivity index (χ3v) is 6.97. The van der Waals surface area contributed by atoms with Crippen molar-refractivity contribution in [2.24, 2.45) is 5.41 Å². The van der Waals surface area contributed by atoms with Gasteiger partial charge in [-0.2, -0.15) is 23.5 Å². The molecule has 3 N–H and O–H groups in total. The van der Waals surface area contributed by atoms with E-state index in [0.717, 1.165) is 24.3 Å². The van der Waals surface area contributed by atoms with Crippen molar-refractivity contribution in [2.75, 3.05) is 23.8 Å². The van der Waals surface area contributed by atoms with Crippen molar-refractivity contribution in [3.05, 3.63) is 0 Å². The lowest BCUT2D eigenvalue weighted by Gasteiger charge is -2.28. The van der Waals surface area contributed by atoms with Gasteiger partial charge in [0.15, 0.2) is 0 Å². The lowest BCUT2D eigenvalue weighted by Crippen LogP contribution is -2.51. The Balaban J connectivity index is 1.77. The Hall–Kier alpha value is -0.560. The molecule has 1 saturated carbocycles. The molecule has 114 valence electrons. The highest BCUT2D eigenvalue weighted by Gasteiger charge is 2.45. The summed E-state index contributed by atoms with van der Waals surface area (Å²) >= 11 is 3.82. The Morgan fingerprint density at radius 1 is 1.40 bits per heavy atom. The van der Waals surface area contributed by atoms with Gasteiger partial charge in [0, 0.05) is 35.1 Å². The number of nitrogens with one attached hydrogen (secondary N) is 2. The van der Waals surface area contributed by atoms with E-state index < -0.39 is 11.4 Å².